The summed E-state index contributed by atoms with van der Waals surface area (Å²) in [5.41, 5.74) is 8.60. The number of fused-ring (bicyclic) bond motifs is 1. The summed E-state index contributed by atoms with van der Waals surface area (Å²) in [6.07, 6.45) is 4.42. The number of hydrogen-bond donors (Lipinski definition) is 1. The van der Waals surface area contributed by atoms with Gasteiger partial charge in [0.2, 0.25) is 0 Å². The minimum atomic E-state index is 0.0179. The molecule has 1 N–H and O–H groups in total. The van der Waals surface area contributed by atoms with Crippen molar-refractivity contribution in [2.24, 2.45) is 0 Å². The first-order valence-electron chi connectivity index (χ1n) is 11.3. The highest BCUT2D eigenvalue weighted by atomic mass is 16.2. The van der Waals surface area contributed by atoms with Crippen molar-refractivity contribution in [1.82, 2.24) is 9.88 Å². The van der Waals surface area contributed by atoms with Crippen LogP contribution in [-0.4, -0.2) is 28.6 Å². The van der Waals surface area contributed by atoms with Crippen LogP contribution in [0.15, 0.2) is 66.5 Å². The van der Waals surface area contributed by atoms with Crippen LogP contribution in [0.2, 0.25) is 0 Å². The van der Waals surface area contributed by atoms with Crippen LogP contribution in [0.4, 0.5) is 5.69 Å². The maximum Gasteiger partial charge on any atom is 0.254 e. The summed E-state index contributed by atoms with van der Waals surface area (Å²) in [6, 6.07) is 15.8. The highest BCUT2D eigenvalue weighted by Crippen LogP contribution is 2.33. The molecule has 0 aliphatic carbocycles. The van der Waals surface area contributed by atoms with E-state index in [1.54, 1.807) is 13.1 Å². The number of Topliss-reactive ketones (excluding diaryl/α,β-unsaturated/α-hetero) is 1. The van der Waals surface area contributed by atoms with Crippen LogP contribution in [-0.2, 0) is 17.9 Å². The summed E-state index contributed by atoms with van der Waals surface area (Å²) in [4.78, 5) is 31.5. The highest BCUT2D eigenvalue weighted by Gasteiger charge is 2.24. The third-order valence-electron chi connectivity index (χ3n) is 6.35. The number of nitrogens with zero attached hydrogens (tertiary/aromatic N) is 2. The van der Waals surface area contributed by atoms with E-state index in [9.17, 15) is 9.59 Å². The van der Waals surface area contributed by atoms with Gasteiger partial charge in [0.1, 0.15) is 0 Å². The number of hydrogen-bond acceptors (Lipinski definition) is 4. The largest absolute Gasteiger partial charge is 0.388 e. The van der Waals surface area contributed by atoms with E-state index in [1.165, 1.54) is 0 Å². The fourth-order valence-corrected chi connectivity index (χ4v) is 4.40. The van der Waals surface area contributed by atoms with Gasteiger partial charge < -0.3 is 10.2 Å². The van der Waals surface area contributed by atoms with Crippen molar-refractivity contribution in [2.45, 2.75) is 40.3 Å². The highest BCUT2D eigenvalue weighted by molar-refractivity contribution is 6.22. The molecule has 1 aliphatic heterocycles. The molecule has 0 unspecified atom stereocenters. The number of benzene rings is 2. The Bertz CT molecular complexity index is 1220. The van der Waals surface area contributed by atoms with Gasteiger partial charge in [-0.15, -0.1) is 0 Å². The van der Waals surface area contributed by atoms with Gasteiger partial charge in [-0.3, -0.25) is 14.6 Å². The smallest absolute Gasteiger partial charge is 0.254 e. The fourth-order valence-electron chi connectivity index (χ4n) is 4.40. The molecule has 5 heteroatoms. The van der Waals surface area contributed by atoms with E-state index in [-0.39, 0.29) is 11.7 Å². The molecule has 0 fully saturated rings. The fraction of sp³-hybridized carbons (Fsp3) is 0.250. The van der Waals surface area contributed by atoms with Gasteiger partial charge in [0.15, 0.2) is 5.78 Å². The molecule has 1 aliphatic rings. The molecule has 0 spiro atoms. The topological polar surface area (TPSA) is 62.3 Å². The van der Waals surface area contributed by atoms with Crippen molar-refractivity contribution in [3.8, 4) is 11.1 Å². The number of carbonyl (C=O) groups excluding carboxylic acids is 2. The van der Waals surface area contributed by atoms with E-state index in [4.69, 9.17) is 0 Å². The van der Waals surface area contributed by atoms with Crippen molar-refractivity contribution in [3.05, 3.63) is 88.8 Å². The van der Waals surface area contributed by atoms with E-state index >= 15 is 0 Å². The Morgan fingerprint density at radius 3 is 2.30 bits per heavy atom. The first-order valence-corrected chi connectivity index (χ1v) is 11.3. The Morgan fingerprint density at radius 1 is 0.970 bits per heavy atom. The first kappa shape index (κ1) is 22.5. The Kier molecular flexibility index (Phi) is 6.40. The second-order valence-corrected chi connectivity index (χ2v) is 8.46. The number of amides is 1. The van der Waals surface area contributed by atoms with Gasteiger partial charge in [0.05, 0.1) is 0 Å². The third-order valence-corrected chi connectivity index (χ3v) is 6.35. The average molecular weight is 440 g/mol. The lowest BCUT2D eigenvalue weighted by atomic mass is 9.91. The normalized spacial score (nSPS) is 13.4. The summed E-state index contributed by atoms with van der Waals surface area (Å²) >= 11 is 0. The van der Waals surface area contributed by atoms with Crippen molar-refractivity contribution < 1.29 is 9.59 Å². The van der Waals surface area contributed by atoms with Gasteiger partial charge in [-0.05, 0) is 72.9 Å². The Morgan fingerprint density at radius 2 is 1.67 bits per heavy atom. The van der Waals surface area contributed by atoms with Crippen LogP contribution in [0.25, 0.3) is 16.7 Å². The first-order chi connectivity index (χ1) is 15.9. The second-order valence-electron chi connectivity index (χ2n) is 8.46. The van der Waals surface area contributed by atoms with Crippen LogP contribution >= 0.6 is 0 Å². The molecule has 3 aromatic rings. The zero-order valence-corrected chi connectivity index (χ0v) is 19.6. The number of pyridine rings is 1. The monoisotopic (exact) mass is 439 g/mol. The molecule has 1 aromatic heterocycles. The summed E-state index contributed by atoms with van der Waals surface area (Å²) in [7, 11) is 1.87. The Labute approximate surface area is 195 Å². The molecule has 2 aromatic carbocycles. The zero-order chi connectivity index (χ0) is 23.5. The number of nitrogens with one attached hydrogen (secondary N) is 1. The van der Waals surface area contributed by atoms with Gasteiger partial charge in [0.25, 0.3) is 5.91 Å². The summed E-state index contributed by atoms with van der Waals surface area (Å²) in [5.74, 6) is 0.0788. The second kappa shape index (κ2) is 9.41. The predicted octanol–water partition coefficient (Wildman–Crippen LogP) is 5.72. The number of carbonyl (C=O) groups is 2. The quantitative estimate of drug-likeness (QED) is 0.499. The molecule has 0 saturated heterocycles. The molecule has 33 heavy (non-hydrogen) atoms. The molecule has 4 rings (SSSR count). The van der Waals surface area contributed by atoms with Gasteiger partial charge in [-0.2, -0.15) is 0 Å². The van der Waals surface area contributed by atoms with Gasteiger partial charge in [-0.1, -0.05) is 30.7 Å². The summed E-state index contributed by atoms with van der Waals surface area (Å²) in [6.45, 7) is 6.90. The minimum Gasteiger partial charge on any atom is -0.388 e. The number of aromatic nitrogens is 1. The van der Waals surface area contributed by atoms with Gasteiger partial charge >= 0.3 is 0 Å². The number of anilines is 1. The SMILES string of the molecule is CC/C(C)=C(\C(C)=O)c1cc(-c2ccc(C(=O)N3Cc4ccncc4C3)cc2)ccc1NC. The van der Waals surface area contributed by atoms with Crippen LogP contribution in [0.5, 0.6) is 0 Å². The molecule has 1 amide bonds. The molecule has 0 bridgehead atoms. The number of rotatable bonds is 6. The maximum absolute atomic E-state index is 13.0. The lowest BCUT2D eigenvalue weighted by Gasteiger charge is -2.17. The Balaban J connectivity index is 1.62. The van der Waals surface area contributed by atoms with Crippen molar-refractivity contribution in [2.75, 3.05) is 12.4 Å². The van der Waals surface area contributed by atoms with Crippen molar-refractivity contribution in [1.29, 1.82) is 0 Å². The zero-order valence-electron chi connectivity index (χ0n) is 19.6. The summed E-state index contributed by atoms with van der Waals surface area (Å²) in [5, 5.41) is 3.21. The number of allylic oxidation sites excluding steroid dienone is 2. The minimum absolute atomic E-state index is 0.0179. The van der Waals surface area contributed by atoms with Gasteiger partial charge in [0, 0.05) is 54.9 Å². The molecule has 168 valence electrons. The predicted molar refractivity (Wildman–Crippen MR) is 133 cm³/mol. The number of ketones is 1. The average Bonchev–Trinajstić information content (AvgIpc) is 3.28. The Hall–Kier alpha value is -3.73. The van der Waals surface area contributed by atoms with Crippen molar-refractivity contribution >= 4 is 23.0 Å². The van der Waals surface area contributed by atoms with Crippen LogP contribution < -0.4 is 5.32 Å². The molecule has 2 heterocycles. The van der Waals surface area contributed by atoms with Gasteiger partial charge in [-0.25, -0.2) is 0 Å². The third kappa shape index (κ3) is 4.44. The van der Waals surface area contributed by atoms with E-state index < -0.39 is 0 Å². The molecular weight excluding hydrogens is 410 g/mol. The lowest BCUT2D eigenvalue weighted by Crippen LogP contribution is -2.25. The van der Waals surface area contributed by atoms with Crippen LogP contribution in [0.3, 0.4) is 0 Å². The van der Waals surface area contributed by atoms with Crippen LogP contribution in [0.1, 0.15) is 54.2 Å². The standard InChI is InChI=1S/C28H29N3O2/c1-5-18(2)27(19(3)32)25-14-22(10-11-26(25)29-4)20-6-8-21(9-7-20)28(33)31-16-23-12-13-30-15-24(23)17-31/h6-15,29H,5,16-17H2,1-4H3/b27-18+. The van der Waals surface area contributed by atoms with E-state index in [2.05, 4.69) is 23.3 Å². The molecule has 5 nitrogen and oxygen atoms in total. The lowest BCUT2D eigenvalue weighted by molar-refractivity contribution is -0.111. The molecule has 0 atom stereocenters. The van der Waals surface area contributed by atoms with E-state index in [0.717, 1.165) is 51.1 Å². The van der Waals surface area contributed by atoms with Crippen LogP contribution in [0, 0.1) is 0 Å². The molecule has 0 saturated carbocycles. The van der Waals surface area contributed by atoms with E-state index in [1.807, 2.05) is 67.5 Å². The molecular formula is C28H29N3O2. The van der Waals surface area contributed by atoms with E-state index in [0.29, 0.717) is 18.7 Å². The van der Waals surface area contributed by atoms with Crippen molar-refractivity contribution in [3.63, 3.8) is 0 Å². The summed E-state index contributed by atoms with van der Waals surface area (Å²) < 4.78 is 0. The maximum atomic E-state index is 13.0. The molecule has 0 radical (unpaired) electrons.